The van der Waals surface area contributed by atoms with E-state index in [1.165, 1.54) is 11.6 Å². The van der Waals surface area contributed by atoms with Gasteiger partial charge in [0.2, 0.25) is 0 Å². The predicted octanol–water partition coefficient (Wildman–Crippen LogP) is 3.38. The lowest BCUT2D eigenvalue weighted by Crippen LogP contribution is -2.43. The van der Waals surface area contributed by atoms with Crippen LogP contribution in [0.15, 0.2) is 74.2 Å². The van der Waals surface area contributed by atoms with Crippen LogP contribution in [0.5, 0.6) is 0 Å². The van der Waals surface area contributed by atoms with E-state index in [0.29, 0.717) is 22.7 Å². The molecule has 2 heterocycles. The molecule has 7 nitrogen and oxygen atoms in total. The van der Waals surface area contributed by atoms with Gasteiger partial charge in [0.15, 0.2) is 0 Å². The number of nitrogens with one attached hydrogen (secondary N) is 1. The molecule has 1 atom stereocenters. The maximum atomic E-state index is 13.3. The minimum absolute atomic E-state index is 0.190. The molecule has 1 aromatic heterocycles. The fraction of sp³-hybridized carbons (Fsp3) is 0.208. The number of ether oxygens (including phenoxy) is 1. The lowest BCUT2D eigenvalue weighted by Gasteiger charge is -2.32. The van der Waals surface area contributed by atoms with Crippen molar-refractivity contribution in [3.8, 4) is 0 Å². The highest BCUT2D eigenvalue weighted by molar-refractivity contribution is 9.10. The molecule has 0 bridgehead atoms. The van der Waals surface area contributed by atoms with Gasteiger partial charge < -0.3 is 10.1 Å². The third-order valence-corrected chi connectivity index (χ3v) is 6.08. The highest BCUT2D eigenvalue weighted by Crippen LogP contribution is 2.43. The van der Waals surface area contributed by atoms with Crippen LogP contribution in [-0.4, -0.2) is 21.7 Å². The van der Waals surface area contributed by atoms with Crippen molar-refractivity contribution < 1.29 is 9.53 Å². The number of aromatic nitrogens is 2. The van der Waals surface area contributed by atoms with Gasteiger partial charge in [0.1, 0.15) is 5.82 Å². The van der Waals surface area contributed by atoms with Crippen molar-refractivity contribution in [1.29, 1.82) is 0 Å². The van der Waals surface area contributed by atoms with Crippen LogP contribution in [0.1, 0.15) is 29.5 Å². The molecule has 0 saturated heterocycles. The van der Waals surface area contributed by atoms with Gasteiger partial charge in [0, 0.05) is 18.6 Å². The fourth-order valence-electron chi connectivity index (χ4n) is 4.01. The fourth-order valence-corrected chi connectivity index (χ4v) is 4.27. The number of halogens is 1. The number of carbonyl (C=O) groups is 1. The summed E-state index contributed by atoms with van der Waals surface area (Å²) in [6.45, 7) is 1.93. The Labute approximate surface area is 193 Å². The Hall–Kier alpha value is -3.39. The quantitative estimate of drug-likeness (QED) is 0.561. The first-order chi connectivity index (χ1) is 15.3. The lowest BCUT2D eigenvalue weighted by atomic mass is 9.81. The average Bonchev–Trinajstić information content (AvgIpc) is 2.81. The summed E-state index contributed by atoms with van der Waals surface area (Å²) >= 11 is 3.44. The Morgan fingerprint density at radius 1 is 1.03 bits per heavy atom. The number of rotatable bonds is 4. The largest absolute Gasteiger partial charge is 0.463 e. The standard InChI is InChI=1S/C24H22BrN3O4/c1-4-32-23(30)18-17(14-10-12-16(25)13-11-14)19-21(27(2)24(31)28(3)22(19)29)26-20(18)15-8-6-5-7-9-15/h5-13,17,26H,4H2,1-3H3. The van der Waals surface area contributed by atoms with Gasteiger partial charge in [-0.25, -0.2) is 9.59 Å². The zero-order chi connectivity index (χ0) is 23.0. The first-order valence-electron chi connectivity index (χ1n) is 10.1. The van der Waals surface area contributed by atoms with Crippen molar-refractivity contribution >= 4 is 33.4 Å². The Balaban J connectivity index is 2.13. The second-order valence-electron chi connectivity index (χ2n) is 7.45. The molecule has 0 fully saturated rings. The monoisotopic (exact) mass is 495 g/mol. The molecule has 4 rings (SSSR count). The summed E-state index contributed by atoms with van der Waals surface area (Å²) in [5.74, 6) is -0.884. The summed E-state index contributed by atoms with van der Waals surface area (Å²) in [6.07, 6.45) is 0. The van der Waals surface area contributed by atoms with Crippen LogP contribution in [0.25, 0.3) is 5.70 Å². The van der Waals surface area contributed by atoms with Crippen molar-refractivity contribution in [3.63, 3.8) is 0 Å². The Morgan fingerprint density at radius 3 is 2.31 bits per heavy atom. The summed E-state index contributed by atoms with van der Waals surface area (Å²) in [5, 5.41) is 3.21. The first kappa shape index (κ1) is 21.8. The average molecular weight is 496 g/mol. The van der Waals surface area contributed by atoms with Gasteiger partial charge in [0.05, 0.1) is 29.4 Å². The van der Waals surface area contributed by atoms with E-state index < -0.39 is 23.1 Å². The molecule has 1 unspecified atom stereocenters. The van der Waals surface area contributed by atoms with E-state index >= 15 is 0 Å². The number of carbonyl (C=O) groups excluding carboxylic acids is 1. The molecule has 0 amide bonds. The molecule has 0 saturated carbocycles. The summed E-state index contributed by atoms with van der Waals surface area (Å²) in [5.41, 5.74) is 1.72. The van der Waals surface area contributed by atoms with Crippen LogP contribution < -0.4 is 16.6 Å². The molecule has 164 valence electrons. The van der Waals surface area contributed by atoms with Gasteiger partial charge in [-0.3, -0.25) is 13.9 Å². The topological polar surface area (TPSA) is 82.3 Å². The zero-order valence-electron chi connectivity index (χ0n) is 17.9. The van der Waals surface area contributed by atoms with Gasteiger partial charge in [-0.15, -0.1) is 0 Å². The highest BCUT2D eigenvalue weighted by Gasteiger charge is 2.38. The molecule has 0 spiro atoms. The van der Waals surface area contributed by atoms with Crippen molar-refractivity contribution in [3.05, 3.63) is 102 Å². The van der Waals surface area contributed by atoms with Crippen molar-refractivity contribution in [2.75, 3.05) is 11.9 Å². The molecule has 3 aromatic rings. The number of esters is 1. The number of hydrogen-bond acceptors (Lipinski definition) is 5. The van der Waals surface area contributed by atoms with E-state index in [1.54, 1.807) is 14.0 Å². The summed E-state index contributed by atoms with van der Waals surface area (Å²) in [4.78, 5) is 39.3. The van der Waals surface area contributed by atoms with Gasteiger partial charge in [-0.05, 0) is 30.2 Å². The summed E-state index contributed by atoms with van der Waals surface area (Å²) in [6, 6.07) is 16.8. The Kier molecular flexibility index (Phi) is 5.88. The van der Waals surface area contributed by atoms with E-state index in [9.17, 15) is 14.4 Å². The lowest BCUT2D eigenvalue weighted by molar-refractivity contribution is -0.138. The van der Waals surface area contributed by atoms with Gasteiger partial charge >= 0.3 is 11.7 Å². The van der Waals surface area contributed by atoms with E-state index in [-0.39, 0.29) is 6.61 Å². The van der Waals surface area contributed by atoms with Gasteiger partial charge in [0.25, 0.3) is 5.56 Å². The number of benzene rings is 2. The number of hydrogen-bond donors (Lipinski definition) is 1. The normalized spacial score (nSPS) is 15.2. The van der Waals surface area contributed by atoms with E-state index in [4.69, 9.17) is 4.74 Å². The van der Waals surface area contributed by atoms with E-state index in [2.05, 4.69) is 21.2 Å². The molecule has 0 radical (unpaired) electrons. The third-order valence-electron chi connectivity index (χ3n) is 5.55. The van der Waals surface area contributed by atoms with Crippen LogP contribution in [0.3, 0.4) is 0 Å². The number of nitrogens with zero attached hydrogens (tertiary/aromatic N) is 2. The summed E-state index contributed by atoms with van der Waals surface area (Å²) in [7, 11) is 3.04. The highest BCUT2D eigenvalue weighted by atomic mass is 79.9. The second-order valence-corrected chi connectivity index (χ2v) is 8.37. The number of fused-ring (bicyclic) bond motifs is 1. The Morgan fingerprint density at radius 2 is 1.69 bits per heavy atom. The van der Waals surface area contributed by atoms with Crippen LogP contribution >= 0.6 is 15.9 Å². The van der Waals surface area contributed by atoms with Crippen LogP contribution in [0, 0.1) is 0 Å². The van der Waals surface area contributed by atoms with Crippen molar-refractivity contribution in [2.24, 2.45) is 14.1 Å². The maximum absolute atomic E-state index is 13.3. The number of anilines is 1. The summed E-state index contributed by atoms with van der Waals surface area (Å²) < 4.78 is 8.75. The molecule has 1 aliphatic heterocycles. The molecule has 8 heteroatoms. The van der Waals surface area contributed by atoms with Gasteiger partial charge in [-0.1, -0.05) is 58.4 Å². The van der Waals surface area contributed by atoms with Crippen molar-refractivity contribution in [2.45, 2.75) is 12.8 Å². The molecule has 32 heavy (non-hydrogen) atoms. The smallest absolute Gasteiger partial charge is 0.337 e. The van der Waals surface area contributed by atoms with Crippen LogP contribution in [0.4, 0.5) is 5.82 Å². The van der Waals surface area contributed by atoms with Gasteiger partial charge in [-0.2, -0.15) is 0 Å². The maximum Gasteiger partial charge on any atom is 0.337 e. The zero-order valence-corrected chi connectivity index (χ0v) is 19.5. The molecule has 1 aliphatic rings. The SMILES string of the molecule is CCOC(=O)C1=C(c2ccccc2)Nc2c(c(=O)n(C)c(=O)n2C)C1c1ccc(Br)cc1. The molecule has 1 N–H and O–H groups in total. The van der Waals surface area contributed by atoms with Crippen LogP contribution in [0.2, 0.25) is 0 Å². The van der Waals surface area contributed by atoms with Crippen LogP contribution in [-0.2, 0) is 23.6 Å². The molecular weight excluding hydrogens is 474 g/mol. The third kappa shape index (κ3) is 3.60. The molecule has 2 aromatic carbocycles. The minimum Gasteiger partial charge on any atom is -0.463 e. The predicted molar refractivity (Wildman–Crippen MR) is 127 cm³/mol. The van der Waals surface area contributed by atoms with Crippen molar-refractivity contribution in [1.82, 2.24) is 9.13 Å². The first-order valence-corrected chi connectivity index (χ1v) is 10.9. The van der Waals surface area contributed by atoms with E-state index in [1.807, 2.05) is 54.6 Å². The second kappa shape index (κ2) is 8.63. The Bertz CT molecular complexity index is 1340. The minimum atomic E-state index is -0.723. The van der Waals surface area contributed by atoms with E-state index in [0.717, 1.165) is 20.2 Å². The molecule has 0 aliphatic carbocycles. The molecular formula is C24H22BrN3O4.